The van der Waals surface area contributed by atoms with Crippen molar-refractivity contribution in [2.24, 2.45) is 0 Å². The molecule has 158 valence electrons. The summed E-state index contributed by atoms with van der Waals surface area (Å²) < 4.78 is 1.95. The Morgan fingerprint density at radius 3 is 2.75 bits per heavy atom. The molecule has 0 aliphatic heterocycles. The molecule has 0 fully saturated rings. The molecule has 1 aromatic carbocycles. The van der Waals surface area contributed by atoms with E-state index < -0.39 is 0 Å². The van der Waals surface area contributed by atoms with E-state index in [9.17, 15) is 10.1 Å². The highest BCUT2D eigenvalue weighted by Gasteiger charge is 2.30. The topological polar surface area (TPSA) is 96.5 Å². The number of nitrogens with one attached hydrogen (secondary N) is 1. The Labute approximate surface area is 189 Å². The molecule has 1 aliphatic carbocycles. The van der Waals surface area contributed by atoms with Gasteiger partial charge in [0.2, 0.25) is 5.91 Å². The molecule has 1 aliphatic rings. The van der Waals surface area contributed by atoms with Gasteiger partial charge < -0.3 is 5.32 Å². The first-order valence-electron chi connectivity index (χ1n) is 10.3. The van der Waals surface area contributed by atoms with Crippen molar-refractivity contribution >= 4 is 22.4 Å². The number of nitrogens with zero attached hydrogens (tertiary/aromatic N) is 5. The van der Waals surface area contributed by atoms with Crippen molar-refractivity contribution in [3.8, 4) is 33.6 Å². The van der Waals surface area contributed by atoms with Gasteiger partial charge in [0.15, 0.2) is 5.13 Å². The van der Waals surface area contributed by atoms with Crippen LogP contribution in [-0.2, 0) is 17.6 Å². The van der Waals surface area contributed by atoms with Crippen LogP contribution in [0.2, 0.25) is 0 Å². The van der Waals surface area contributed by atoms with E-state index in [-0.39, 0.29) is 5.91 Å². The van der Waals surface area contributed by atoms with Gasteiger partial charge in [-0.2, -0.15) is 10.4 Å². The third-order valence-electron chi connectivity index (χ3n) is 5.53. The summed E-state index contributed by atoms with van der Waals surface area (Å²) in [7, 11) is 0. The number of rotatable bonds is 3. The van der Waals surface area contributed by atoms with Gasteiger partial charge in [-0.05, 0) is 62.6 Å². The van der Waals surface area contributed by atoms with E-state index in [2.05, 4.69) is 21.4 Å². The van der Waals surface area contributed by atoms with Gasteiger partial charge in [0, 0.05) is 29.9 Å². The number of benzene rings is 1. The zero-order chi connectivity index (χ0) is 22.4. The predicted octanol–water partition coefficient (Wildman–Crippen LogP) is 4.60. The van der Waals surface area contributed by atoms with E-state index in [1.807, 2.05) is 55.1 Å². The normalized spacial score (nSPS) is 12.1. The fraction of sp³-hybridized carbons (Fsp3) is 0.208. The molecule has 5 rings (SSSR count). The number of carbonyl (C=O) groups is 1. The number of nitriles is 1. The molecule has 0 radical (unpaired) electrons. The molecule has 0 bridgehead atoms. The summed E-state index contributed by atoms with van der Waals surface area (Å²) in [6.07, 6.45) is 3.44. The number of aryl methyl sites for hydroxylation is 3. The second-order valence-electron chi connectivity index (χ2n) is 7.86. The molecular formula is C24H20N6OS. The molecule has 0 saturated carbocycles. The smallest absolute Gasteiger partial charge is 0.223 e. The van der Waals surface area contributed by atoms with Crippen LogP contribution in [0.4, 0.5) is 5.13 Å². The van der Waals surface area contributed by atoms with Crippen molar-refractivity contribution in [2.75, 3.05) is 5.32 Å². The van der Waals surface area contributed by atoms with Crippen LogP contribution >= 0.6 is 11.3 Å². The van der Waals surface area contributed by atoms with Crippen molar-refractivity contribution in [1.82, 2.24) is 19.7 Å². The van der Waals surface area contributed by atoms with Crippen molar-refractivity contribution in [3.05, 3.63) is 64.6 Å². The average molecular weight is 441 g/mol. The minimum absolute atomic E-state index is 0.140. The first-order chi connectivity index (χ1) is 15.4. The maximum atomic E-state index is 11.6. The second-order valence-corrected chi connectivity index (χ2v) is 8.86. The van der Waals surface area contributed by atoms with Crippen molar-refractivity contribution in [3.63, 3.8) is 0 Å². The number of pyridine rings is 1. The monoisotopic (exact) mass is 440 g/mol. The number of fused-ring (bicyclic) bond motifs is 3. The van der Waals surface area contributed by atoms with Gasteiger partial charge in [0.1, 0.15) is 0 Å². The summed E-state index contributed by atoms with van der Waals surface area (Å²) >= 11 is 1.47. The van der Waals surface area contributed by atoms with Gasteiger partial charge in [-0.3, -0.25) is 9.78 Å². The lowest BCUT2D eigenvalue weighted by Crippen LogP contribution is -2.07. The minimum Gasteiger partial charge on any atom is -0.302 e. The van der Waals surface area contributed by atoms with Crippen molar-refractivity contribution in [1.29, 1.82) is 5.26 Å². The summed E-state index contributed by atoms with van der Waals surface area (Å²) in [5.41, 5.74) is 8.40. The number of anilines is 1. The predicted molar refractivity (Wildman–Crippen MR) is 124 cm³/mol. The lowest BCUT2D eigenvalue weighted by Gasteiger charge is -2.15. The van der Waals surface area contributed by atoms with Crippen LogP contribution in [0.5, 0.6) is 0 Å². The van der Waals surface area contributed by atoms with Crippen molar-refractivity contribution in [2.45, 2.75) is 33.6 Å². The van der Waals surface area contributed by atoms with Crippen LogP contribution < -0.4 is 5.32 Å². The highest BCUT2D eigenvalue weighted by atomic mass is 32.1. The molecular weight excluding hydrogens is 420 g/mol. The fourth-order valence-corrected chi connectivity index (χ4v) is 5.17. The third kappa shape index (κ3) is 3.37. The molecule has 3 heterocycles. The lowest BCUT2D eigenvalue weighted by molar-refractivity contribution is -0.114. The average Bonchev–Trinajstić information content (AvgIpc) is 3.34. The Morgan fingerprint density at radius 1 is 1.22 bits per heavy atom. The van der Waals surface area contributed by atoms with E-state index in [1.165, 1.54) is 18.3 Å². The van der Waals surface area contributed by atoms with Crippen LogP contribution in [0, 0.1) is 25.2 Å². The summed E-state index contributed by atoms with van der Waals surface area (Å²) in [5, 5.41) is 17.7. The van der Waals surface area contributed by atoms with E-state index >= 15 is 0 Å². The first kappa shape index (κ1) is 20.1. The van der Waals surface area contributed by atoms with Crippen LogP contribution in [0.15, 0.2) is 36.5 Å². The zero-order valence-electron chi connectivity index (χ0n) is 17.9. The minimum atomic E-state index is -0.140. The quantitative estimate of drug-likeness (QED) is 0.502. The lowest BCUT2D eigenvalue weighted by atomic mass is 9.95. The molecule has 0 atom stereocenters. The van der Waals surface area contributed by atoms with E-state index in [0.717, 1.165) is 62.9 Å². The standard InChI is InChI=1S/C24H20N6OS/c1-13-10-16(11-25)5-9-20(13)30-22-18(21(29-30)17-6-4-14(2)26-12-17)7-8-19-23(22)32-24(28-19)27-15(3)31/h4-6,9-10,12H,7-8H2,1-3H3,(H,27,28,31). The molecule has 1 N–H and O–H groups in total. The Balaban J connectivity index is 1.75. The van der Waals surface area contributed by atoms with Gasteiger partial charge in [0.05, 0.1) is 39.3 Å². The maximum Gasteiger partial charge on any atom is 0.223 e. The molecule has 1 amide bonds. The van der Waals surface area contributed by atoms with E-state index in [0.29, 0.717) is 10.7 Å². The third-order valence-corrected chi connectivity index (χ3v) is 6.55. The van der Waals surface area contributed by atoms with Gasteiger partial charge in [-0.1, -0.05) is 11.3 Å². The largest absolute Gasteiger partial charge is 0.302 e. The number of thiazole rings is 1. The van der Waals surface area contributed by atoms with Crippen LogP contribution in [0.25, 0.3) is 27.5 Å². The molecule has 32 heavy (non-hydrogen) atoms. The van der Waals surface area contributed by atoms with E-state index in [4.69, 9.17) is 5.10 Å². The van der Waals surface area contributed by atoms with Gasteiger partial charge in [-0.25, -0.2) is 9.67 Å². The van der Waals surface area contributed by atoms with Gasteiger partial charge >= 0.3 is 0 Å². The van der Waals surface area contributed by atoms with Gasteiger partial charge in [0.25, 0.3) is 0 Å². The molecule has 4 aromatic rings. The number of hydrogen-bond acceptors (Lipinski definition) is 6. The number of aromatic nitrogens is 4. The molecule has 3 aromatic heterocycles. The highest BCUT2D eigenvalue weighted by molar-refractivity contribution is 7.19. The highest BCUT2D eigenvalue weighted by Crippen LogP contribution is 2.44. The molecule has 8 heteroatoms. The zero-order valence-corrected chi connectivity index (χ0v) is 18.7. The number of amides is 1. The second kappa shape index (κ2) is 7.70. The summed E-state index contributed by atoms with van der Waals surface area (Å²) in [5.74, 6) is -0.140. The molecule has 0 spiro atoms. The van der Waals surface area contributed by atoms with Crippen LogP contribution in [-0.4, -0.2) is 25.7 Å². The Morgan fingerprint density at radius 2 is 2.06 bits per heavy atom. The molecule has 0 unspecified atom stereocenters. The van der Waals surface area contributed by atoms with E-state index in [1.54, 1.807) is 0 Å². The van der Waals surface area contributed by atoms with Crippen LogP contribution in [0.1, 0.15) is 35.0 Å². The molecule has 7 nitrogen and oxygen atoms in total. The summed E-state index contributed by atoms with van der Waals surface area (Å²) in [6, 6.07) is 11.8. The number of carbonyl (C=O) groups excluding carboxylic acids is 1. The number of hydrogen-bond donors (Lipinski definition) is 1. The summed E-state index contributed by atoms with van der Waals surface area (Å²) in [6.45, 7) is 5.43. The maximum absolute atomic E-state index is 11.6. The Bertz CT molecular complexity index is 1410. The van der Waals surface area contributed by atoms with Crippen molar-refractivity contribution < 1.29 is 4.79 Å². The van der Waals surface area contributed by atoms with Crippen LogP contribution in [0.3, 0.4) is 0 Å². The molecule has 0 saturated heterocycles. The fourth-order valence-electron chi connectivity index (χ4n) is 4.05. The summed E-state index contributed by atoms with van der Waals surface area (Å²) in [4.78, 5) is 21.7. The SMILES string of the molecule is CC(=O)Nc1nc2c(s1)-c1c(c(-c3ccc(C)nc3)nn1-c1ccc(C#N)cc1C)CC2. The Kier molecular flexibility index (Phi) is 4.83. The Hall–Kier alpha value is -3.83. The first-order valence-corrected chi connectivity index (χ1v) is 11.1. The van der Waals surface area contributed by atoms with Gasteiger partial charge in [-0.15, -0.1) is 0 Å².